The lowest BCUT2D eigenvalue weighted by atomic mass is 9.75. The van der Waals surface area contributed by atoms with Crippen molar-refractivity contribution in [2.45, 2.75) is 39.5 Å². The highest BCUT2D eigenvalue weighted by molar-refractivity contribution is 5.95. The van der Waals surface area contributed by atoms with Crippen LogP contribution < -0.4 is 16.5 Å². The van der Waals surface area contributed by atoms with Crippen LogP contribution in [0.15, 0.2) is 53.2 Å². The number of nitrogens with one attached hydrogen (secondary N) is 2. The Labute approximate surface area is 172 Å². The normalized spacial score (nSPS) is 18.3. The molecule has 1 amide bonds. The molecule has 1 unspecified atom stereocenters. The van der Waals surface area contributed by atoms with Gasteiger partial charge in [0.1, 0.15) is 6.34 Å². The molecule has 29 heavy (non-hydrogen) atoms. The van der Waals surface area contributed by atoms with Gasteiger partial charge in [-0.25, -0.2) is 0 Å². The van der Waals surface area contributed by atoms with Crippen LogP contribution in [0.3, 0.4) is 0 Å². The molecule has 0 fully saturated rings. The fourth-order valence-electron chi connectivity index (χ4n) is 3.34. The molecule has 0 aliphatic heterocycles. The maximum atomic E-state index is 12.6. The second-order valence-corrected chi connectivity index (χ2v) is 7.07. The zero-order valence-electron chi connectivity index (χ0n) is 17.1. The summed E-state index contributed by atoms with van der Waals surface area (Å²) in [6.45, 7) is 4.85. The second kappa shape index (κ2) is 11.0. The first kappa shape index (κ1) is 22.2. The standard InChI is InChI=1S/C22H30N4O3/c1-3-22(12-6-7-17(14-22)10-11-20(27)29-4-2)15-24-21(28)18-8-5-9-19(13-18)25-16-26-23/h5-9,12-13,16H,3-4,10-11,14-15,23H2,1-2H3,(H,24,28)(H,25,26). The first-order valence-electron chi connectivity index (χ1n) is 9.91. The zero-order valence-corrected chi connectivity index (χ0v) is 17.1. The summed E-state index contributed by atoms with van der Waals surface area (Å²) in [6.07, 6.45) is 10.3. The van der Waals surface area contributed by atoms with Gasteiger partial charge in [-0.2, -0.15) is 5.10 Å². The van der Waals surface area contributed by atoms with E-state index < -0.39 is 0 Å². The molecule has 1 aliphatic carbocycles. The van der Waals surface area contributed by atoms with Crippen LogP contribution in [0.4, 0.5) is 5.69 Å². The average Bonchev–Trinajstić information content (AvgIpc) is 2.75. The third-order valence-corrected chi connectivity index (χ3v) is 5.05. The molecule has 1 aromatic rings. The van der Waals surface area contributed by atoms with Crippen LogP contribution in [0, 0.1) is 5.41 Å². The van der Waals surface area contributed by atoms with E-state index in [0.29, 0.717) is 31.6 Å². The number of nitrogens with two attached hydrogens (primary N) is 1. The molecule has 7 nitrogen and oxygen atoms in total. The molecule has 0 heterocycles. The number of rotatable bonds is 10. The molecule has 1 atom stereocenters. The Bertz CT molecular complexity index is 801. The lowest BCUT2D eigenvalue weighted by Gasteiger charge is -2.33. The third kappa shape index (κ3) is 6.78. The van der Waals surface area contributed by atoms with Crippen LogP contribution in [0.1, 0.15) is 49.9 Å². The number of carbonyl (C=O) groups is 2. The predicted molar refractivity (Wildman–Crippen MR) is 116 cm³/mol. The van der Waals surface area contributed by atoms with Gasteiger partial charge in [0.2, 0.25) is 0 Å². The third-order valence-electron chi connectivity index (χ3n) is 5.05. The number of hydrogen-bond acceptors (Lipinski definition) is 5. The van der Waals surface area contributed by atoms with Gasteiger partial charge in [0.15, 0.2) is 0 Å². The molecule has 0 spiro atoms. The maximum absolute atomic E-state index is 12.6. The molecule has 1 aliphatic rings. The van der Waals surface area contributed by atoms with E-state index in [9.17, 15) is 9.59 Å². The minimum absolute atomic E-state index is 0.137. The molecule has 2 rings (SSSR count). The summed E-state index contributed by atoms with van der Waals surface area (Å²) >= 11 is 0. The molecule has 0 bridgehead atoms. The van der Waals surface area contributed by atoms with Crippen molar-refractivity contribution < 1.29 is 14.3 Å². The van der Waals surface area contributed by atoms with E-state index >= 15 is 0 Å². The first-order chi connectivity index (χ1) is 14.0. The molecular weight excluding hydrogens is 368 g/mol. The van der Waals surface area contributed by atoms with E-state index in [1.807, 2.05) is 19.1 Å². The minimum atomic E-state index is -0.175. The Balaban J connectivity index is 1.95. The van der Waals surface area contributed by atoms with Gasteiger partial charge in [-0.05, 0) is 44.4 Å². The molecular formula is C22H30N4O3. The van der Waals surface area contributed by atoms with E-state index in [1.165, 1.54) is 11.9 Å². The summed E-state index contributed by atoms with van der Waals surface area (Å²) in [5.41, 5.74) is 2.34. The van der Waals surface area contributed by atoms with Gasteiger partial charge in [0, 0.05) is 29.6 Å². The van der Waals surface area contributed by atoms with Gasteiger partial charge in [0.25, 0.3) is 5.91 Å². The summed E-state index contributed by atoms with van der Waals surface area (Å²) in [4.78, 5) is 24.3. The molecule has 0 saturated carbocycles. The number of ether oxygens (including phenoxy) is 1. The Hall–Kier alpha value is -3.09. The molecule has 0 saturated heterocycles. The Morgan fingerprint density at radius 3 is 2.90 bits per heavy atom. The number of amides is 1. The molecule has 1 aromatic carbocycles. The number of hydrazone groups is 1. The van der Waals surface area contributed by atoms with E-state index in [0.717, 1.165) is 18.5 Å². The minimum Gasteiger partial charge on any atom is -0.466 e. The molecule has 0 radical (unpaired) electrons. The maximum Gasteiger partial charge on any atom is 0.306 e. The fourth-order valence-corrected chi connectivity index (χ4v) is 3.34. The zero-order chi connectivity index (χ0) is 21.1. The Morgan fingerprint density at radius 2 is 2.17 bits per heavy atom. The van der Waals surface area contributed by atoms with Gasteiger partial charge in [-0.15, -0.1) is 0 Å². The summed E-state index contributed by atoms with van der Waals surface area (Å²) in [5, 5.41) is 9.34. The summed E-state index contributed by atoms with van der Waals surface area (Å²) in [5.74, 6) is 4.78. The van der Waals surface area contributed by atoms with Crippen LogP contribution in [0.25, 0.3) is 0 Å². The number of carbonyl (C=O) groups excluding carboxylic acids is 2. The largest absolute Gasteiger partial charge is 0.466 e. The number of esters is 1. The van der Waals surface area contributed by atoms with Crippen molar-refractivity contribution in [1.82, 2.24) is 5.32 Å². The fraction of sp³-hybridized carbons (Fsp3) is 0.409. The van der Waals surface area contributed by atoms with Crippen molar-refractivity contribution >= 4 is 23.9 Å². The lowest BCUT2D eigenvalue weighted by Crippen LogP contribution is -2.37. The van der Waals surface area contributed by atoms with Gasteiger partial charge in [0.05, 0.1) is 6.61 Å². The van der Waals surface area contributed by atoms with Crippen molar-refractivity contribution in [3.05, 3.63) is 53.6 Å². The summed E-state index contributed by atoms with van der Waals surface area (Å²) in [6, 6.07) is 7.14. The molecule has 7 heteroatoms. The van der Waals surface area contributed by atoms with Gasteiger partial charge >= 0.3 is 5.97 Å². The van der Waals surface area contributed by atoms with Crippen molar-refractivity contribution in [3.63, 3.8) is 0 Å². The van der Waals surface area contributed by atoms with E-state index in [-0.39, 0.29) is 17.3 Å². The average molecular weight is 399 g/mol. The number of benzene rings is 1. The van der Waals surface area contributed by atoms with E-state index in [2.05, 4.69) is 34.8 Å². The van der Waals surface area contributed by atoms with Crippen LogP contribution in [0.5, 0.6) is 0 Å². The summed E-state index contributed by atoms with van der Waals surface area (Å²) < 4.78 is 5.01. The van der Waals surface area contributed by atoms with Crippen LogP contribution in [-0.2, 0) is 9.53 Å². The smallest absolute Gasteiger partial charge is 0.306 e. The molecule has 0 aromatic heterocycles. The highest BCUT2D eigenvalue weighted by Gasteiger charge is 2.29. The van der Waals surface area contributed by atoms with Gasteiger partial charge < -0.3 is 21.2 Å². The monoisotopic (exact) mass is 398 g/mol. The number of hydrogen-bond donors (Lipinski definition) is 3. The first-order valence-corrected chi connectivity index (χ1v) is 9.91. The van der Waals surface area contributed by atoms with Gasteiger partial charge in [-0.1, -0.05) is 36.8 Å². The van der Waals surface area contributed by atoms with Crippen molar-refractivity contribution in [2.24, 2.45) is 16.4 Å². The predicted octanol–water partition coefficient (Wildman–Crippen LogP) is 3.36. The Kier molecular flexibility index (Phi) is 8.45. The SMILES string of the molecule is CCOC(=O)CCC1=CC=CC(CC)(CNC(=O)c2cccc(NC=NN)c2)C1. The second-order valence-electron chi connectivity index (χ2n) is 7.07. The summed E-state index contributed by atoms with van der Waals surface area (Å²) in [7, 11) is 0. The van der Waals surface area contributed by atoms with Crippen LogP contribution in [-0.4, -0.2) is 31.4 Å². The van der Waals surface area contributed by atoms with Crippen LogP contribution in [0.2, 0.25) is 0 Å². The molecule has 156 valence electrons. The van der Waals surface area contributed by atoms with E-state index in [4.69, 9.17) is 10.6 Å². The van der Waals surface area contributed by atoms with E-state index in [1.54, 1.807) is 18.2 Å². The lowest BCUT2D eigenvalue weighted by molar-refractivity contribution is -0.143. The van der Waals surface area contributed by atoms with Crippen molar-refractivity contribution in [3.8, 4) is 0 Å². The highest BCUT2D eigenvalue weighted by atomic mass is 16.5. The topological polar surface area (TPSA) is 106 Å². The quantitative estimate of drug-likeness (QED) is 0.184. The Morgan fingerprint density at radius 1 is 1.34 bits per heavy atom. The number of anilines is 1. The number of allylic oxidation sites excluding steroid dienone is 3. The van der Waals surface area contributed by atoms with Gasteiger partial charge in [-0.3, -0.25) is 9.59 Å². The highest BCUT2D eigenvalue weighted by Crippen LogP contribution is 2.36. The van der Waals surface area contributed by atoms with Crippen molar-refractivity contribution in [1.29, 1.82) is 0 Å². The van der Waals surface area contributed by atoms with Crippen molar-refractivity contribution in [2.75, 3.05) is 18.5 Å². The number of nitrogens with zero attached hydrogens (tertiary/aromatic N) is 1. The molecule has 4 N–H and O–H groups in total. The van der Waals surface area contributed by atoms with Crippen LogP contribution >= 0.6 is 0 Å².